The molecule has 0 aliphatic carbocycles. The van der Waals surface area contributed by atoms with Gasteiger partial charge in [-0.3, -0.25) is 9.13 Å². The van der Waals surface area contributed by atoms with Crippen LogP contribution >= 0.6 is 22.7 Å². The van der Waals surface area contributed by atoms with E-state index in [1.54, 1.807) is 0 Å². The number of aromatic nitrogens is 6. The fourth-order valence-electron chi connectivity index (χ4n) is 19.3. The van der Waals surface area contributed by atoms with Crippen LogP contribution in [0.1, 0.15) is 0 Å². The lowest BCUT2D eigenvalue weighted by atomic mass is 9.89. The van der Waals surface area contributed by atoms with E-state index in [2.05, 4.69) is 349 Å². The lowest BCUT2D eigenvalue weighted by Gasteiger charge is -2.16. The van der Waals surface area contributed by atoms with Gasteiger partial charge in [0.25, 0.3) is 0 Å². The van der Waals surface area contributed by atoms with E-state index < -0.39 is 0 Å². The summed E-state index contributed by atoms with van der Waals surface area (Å²) >= 11 is 3.67. The molecule has 6 aromatic heterocycles. The molecule has 6 heterocycles. The van der Waals surface area contributed by atoms with E-state index in [1.807, 2.05) is 22.7 Å². The fourth-order valence-corrected chi connectivity index (χ4v) is 21.5. The summed E-state index contributed by atoms with van der Waals surface area (Å²) in [5.74, 6) is 1.58. The summed E-state index contributed by atoms with van der Waals surface area (Å²) in [6.45, 7) is 0. The summed E-state index contributed by atoms with van der Waals surface area (Å²) in [4.78, 5) is 23.6. The second-order valence-electron chi connectivity index (χ2n) is 30.2. The third-order valence-corrected chi connectivity index (χ3v) is 26.6. The Morgan fingerprint density at radius 3 is 1.12 bits per heavy atom. The molecule has 0 atom stereocenters. The van der Waals surface area contributed by atoms with E-state index in [9.17, 15) is 0 Å². The number of fused-ring (bicyclic) bond motifs is 34. The molecule has 0 radical (unpaired) electrons. The van der Waals surface area contributed by atoms with E-state index in [-0.39, 0.29) is 0 Å². The molecule has 8 heteroatoms. The SMILES string of the molecule is c1ccc2cc3c(cc2c1)c1c2c4ccccc4c4ccccc4c2ccc1n3-c1nc2ccc3cc(-c4ccc5c(c4)c4ccccc4c4ccc6c(c7cc8ccccc8cc7n6-c6nc7c(ccc8ccccc87)nc6-c6ccc7sc8ccccc8c7c6)c45)ccc3c2nc1-c1ccc2sc3ccccc3c2c1. The molecule has 514 valence electrons. The van der Waals surface area contributed by atoms with E-state index in [0.29, 0.717) is 0 Å². The largest absolute Gasteiger partial charge is 0.292 e. The monoisotopic (exact) mass is 1450 g/mol. The van der Waals surface area contributed by atoms with E-state index in [1.165, 1.54) is 137 Å². The number of hydrogen-bond acceptors (Lipinski definition) is 6. The zero-order valence-corrected chi connectivity index (χ0v) is 61.5. The van der Waals surface area contributed by atoms with Crippen molar-refractivity contribution in [3.8, 4) is 45.3 Å². The normalized spacial score (nSPS) is 12.5. The molecule has 112 heavy (non-hydrogen) atoms. The Morgan fingerprint density at radius 2 is 0.554 bits per heavy atom. The first-order chi connectivity index (χ1) is 55.5. The standard InChI is InChI=1S/C104H56N6S2/c1-3-20-60-55-89-83(51-58(60)18-1)97-87(45-41-77-71-25-8-7-23-69(71)70-24-11-12-30-76(70)95(77)97)109(89)103-100(66-38-48-94-82(54-66)75-29-14-16-32-92(75)112-94)107-101-68-39-33-62(49-64(68)36-44-86(101)106-103)63-34-40-79-80(50-63)73-27-10-9-26-72(73)78-42-46-88-98(96(78)79)84-52-59-19-2-4-21-61(59)56-90(84)110(88)104-99(105-85-43-35-57-17-5-6-22-67(57)102(85)108-104)65-37-47-93-81(53-65)74-28-13-15-31-91(74)111-93/h1-56H. The summed E-state index contributed by atoms with van der Waals surface area (Å²) in [5.41, 5.74) is 13.6. The number of rotatable bonds is 5. The summed E-state index contributed by atoms with van der Waals surface area (Å²) in [6.07, 6.45) is 0. The maximum Gasteiger partial charge on any atom is 0.165 e. The minimum Gasteiger partial charge on any atom is -0.292 e. The van der Waals surface area contributed by atoms with E-state index >= 15 is 0 Å². The Labute approximate surface area is 645 Å². The molecule has 0 amide bonds. The van der Waals surface area contributed by atoms with Crippen LogP contribution in [0, 0.1) is 0 Å². The van der Waals surface area contributed by atoms with Gasteiger partial charge in [0.15, 0.2) is 11.6 Å². The maximum atomic E-state index is 6.00. The molecular formula is C104H56N6S2. The average molecular weight is 1450 g/mol. The van der Waals surface area contributed by atoms with Crippen molar-refractivity contribution >= 4 is 236 Å². The zero-order valence-electron chi connectivity index (χ0n) is 59.8. The first kappa shape index (κ1) is 60.7. The predicted molar refractivity (Wildman–Crippen MR) is 478 cm³/mol. The van der Waals surface area contributed by atoms with Gasteiger partial charge >= 0.3 is 0 Å². The molecular weight excluding hydrogens is 1400 g/mol. The van der Waals surface area contributed by atoms with Crippen LogP contribution in [0.5, 0.6) is 0 Å². The highest BCUT2D eigenvalue weighted by Crippen LogP contribution is 2.50. The number of nitrogens with zero attached hydrogens (tertiary/aromatic N) is 6. The van der Waals surface area contributed by atoms with Crippen molar-refractivity contribution in [1.82, 2.24) is 29.1 Å². The molecule has 0 bridgehead atoms. The molecule has 26 aromatic rings. The highest BCUT2D eigenvalue weighted by molar-refractivity contribution is 7.26. The second-order valence-corrected chi connectivity index (χ2v) is 32.4. The van der Waals surface area contributed by atoms with Crippen LogP contribution in [0.15, 0.2) is 340 Å². The predicted octanol–water partition coefficient (Wildman–Crippen LogP) is 29.0. The van der Waals surface area contributed by atoms with Crippen LogP contribution in [0.3, 0.4) is 0 Å². The molecule has 0 N–H and O–H groups in total. The first-order valence-electron chi connectivity index (χ1n) is 38.2. The van der Waals surface area contributed by atoms with Gasteiger partial charge in [-0.2, -0.15) is 0 Å². The van der Waals surface area contributed by atoms with Crippen molar-refractivity contribution in [2.45, 2.75) is 0 Å². The van der Waals surface area contributed by atoms with Gasteiger partial charge in [0.05, 0.1) is 44.1 Å². The minimum absolute atomic E-state index is 0.787. The molecule has 0 saturated heterocycles. The third kappa shape index (κ3) is 8.51. The third-order valence-electron chi connectivity index (χ3n) is 24.3. The highest BCUT2D eigenvalue weighted by atomic mass is 32.1. The Kier molecular flexibility index (Phi) is 12.3. The van der Waals surface area contributed by atoms with Crippen molar-refractivity contribution < 1.29 is 0 Å². The lowest BCUT2D eigenvalue weighted by Crippen LogP contribution is -2.04. The molecule has 0 saturated carbocycles. The van der Waals surface area contributed by atoms with Crippen LogP contribution in [0.2, 0.25) is 0 Å². The van der Waals surface area contributed by atoms with Gasteiger partial charge in [0.2, 0.25) is 0 Å². The van der Waals surface area contributed by atoms with Gasteiger partial charge in [-0.05, 0) is 194 Å². The molecule has 0 fully saturated rings. The Bertz CT molecular complexity index is 8770. The summed E-state index contributed by atoms with van der Waals surface area (Å²) in [7, 11) is 0. The van der Waals surface area contributed by atoms with Gasteiger partial charge < -0.3 is 0 Å². The van der Waals surface area contributed by atoms with E-state index in [4.69, 9.17) is 19.9 Å². The number of hydrogen-bond donors (Lipinski definition) is 0. The van der Waals surface area contributed by atoms with Crippen LogP contribution in [0.25, 0.3) is 259 Å². The quantitative estimate of drug-likeness (QED) is 0.161. The van der Waals surface area contributed by atoms with Crippen molar-refractivity contribution in [2.24, 2.45) is 0 Å². The van der Waals surface area contributed by atoms with Crippen molar-refractivity contribution in [3.63, 3.8) is 0 Å². The van der Waals surface area contributed by atoms with Crippen LogP contribution in [-0.4, -0.2) is 29.1 Å². The van der Waals surface area contributed by atoms with E-state index in [0.717, 1.165) is 122 Å². The smallest absolute Gasteiger partial charge is 0.165 e. The topological polar surface area (TPSA) is 61.4 Å². The summed E-state index contributed by atoms with van der Waals surface area (Å²) in [6, 6.07) is 126. The van der Waals surface area contributed by atoms with Crippen molar-refractivity contribution in [3.05, 3.63) is 340 Å². The van der Waals surface area contributed by atoms with Crippen molar-refractivity contribution in [1.29, 1.82) is 0 Å². The van der Waals surface area contributed by atoms with Crippen LogP contribution in [-0.2, 0) is 0 Å². The molecule has 26 rings (SSSR count). The molecule has 20 aromatic carbocycles. The minimum atomic E-state index is 0.787. The Balaban J connectivity index is 0.693. The maximum absolute atomic E-state index is 6.00. The molecule has 0 spiro atoms. The van der Waals surface area contributed by atoms with Crippen molar-refractivity contribution in [2.75, 3.05) is 0 Å². The van der Waals surface area contributed by atoms with Crippen LogP contribution < -0.4 is 0 Å². The van der Waals surface area contributed by atoms with Gasteiger partial charge in [-0.15, -0.1) is 22.7 Å². The van der Waals surface area contributed by atoms with Crippen LogP contribution in [0.4, 0.5) is 0 Å². The highest BCUT2D eigenvalue weighted by Gasteiger charge is 2.28. The summed E-state index contributed by atoms with van der Waals surface area (Å²) in [5, 5.41) is 33.3. The van der Waals surface area contributed by atoms with Gasteiger partial charge in [-0.1, -0.05) is 243 Å². The lowest BCUT2D eigenvalue weighted by molar-refractivity contribution is 1.08. The molecule has 0 unspecified atom stereocenters. The Hall–Kier alpha value is -14.3. The number of benzene rings is 20. The summed E-state index contributed by atoms with van der Waals surface area (Å²) < 4.78 is 9.87. The van der Waals surface area contributed by atoms with Gasteiger partial charge in [-0.25, -0.2) is 19.9 Å². The zero-order chi connectivity index (χ0) is 72.7. The fraction of sp³-hybridized carbons (Fsp3) is 0. The number of thiophene rings is 2. The second kappa shape index (κ2) is 22.7. The molecule has 0 aliphatic rings. The Morgan fingerprint density at radius 1 is 0.188 bits per heavy atom. The van der Waals surface area contributed by atoms with Gasteiger partial charge in [0.1, 0.15) is 11.4 Å². The average Bonchev–Trinajstić information content (AvgIpc) is 1.52. The molecule has 6 nitrogen and oxygen atoms in total. The molecule has 0 aliphatic heterocycles. The first-order valence-corrected chi connectivity index (χ1v) is 39.9. The van der Waals surface area contributed by atoms with Gasteiger partial charge in [0, 0.05) is 94.6 Å².